The van der Waals surface area contributed by atoms with Crippen LogP contribution in [-0.4, -0.2) is 29.4 Å². The molecule has 5 saturated carbocycles. The van der Waals surface area contributed by atoms with Gasteiger partial charge < -0.3 is 16.4 Å². The van der Waals surface area contributed by atoms with Crippen LogP contribution in [0.2, 0.25) is 5.02 Å². The third-order valence-corrected chi connectivity index (χ3v) is 9.59. The van der Waals surface area contributed by atoms with E-state index in [4.69, 9.17) is 17.3 Å². The number of nitrogens with two attached hydrogens (primary N) is 1. The van der Waals surface area contributed by atoms with Crippen LogP contribution in [0.15, 0.2) is 48.8 Å². The van der Waals surface area contributed by atoms with Crippen molar-refractivity contribution >= 4 is 29.1 Å². The first-order valence-corrected chi connectivity index (χ1v) is 13.3. The Balaban J connectivity index is 1.10. The number of amides is 2. The highest BCUT2D eigenvalue weighted by atomic mass is 35.5. The number of carbonyl (C=O) groups is 2. The molecule has 5 fully saturated rings. The molecule has 5 aliphatic carbocycles. The van der Waals surface area contributed by atoms with Gasteiger partial charge in [-0.25, -0.2) is 0 Å². The summed E-state index contributed by atoms with van der Waals surface area (Å²) in [6.07, 6.45) is 10.2. The number of nitrogens with one attached hydrogen (secondary N) is 2. The molecule has 6 nitrogen and oxygen atoms in total. The third kappa shape index (κ3) is 4.05. The lowest BCUT2D eigenvalue weighted by Gasteiger charge is -2.60. The van der Waals surface area contributed by atoms with E-state index in [1.54, 1.807) is 12.4 Å². The monoisotopic (exact) mass is 492 g/mol. The Morgan fingerprint density at radius 3 is 2.29 bits per heavy atom. The van der Waals surface area contributed by atoms with E-state index in [0.29, 0.717) is 35.2 Å². The van der Waals surface area contributed by atoms with E-state index < -0.39 is 5.41 Å². The lowest BCUT2D eigenvalue weighted by atomic mass is 9.45. The second kappa shape index (κ2) is 8.59. The minimum absolute atomic E-state index is 0.0762. The summed E-state index contributed by atoms with van der Waals surface area (Å²) < 4.78 is 0. The standard InChI is InChI=1S/C28H33ClN4O2/c29-21-3-1-20(2-4-21)28(7-8-28)26(35)32-16-23(30)24-18-11-17-12-19(24)15-27(13-17,14-18)25(34)33-22-5-9-31-10-6-22/h1-6,9-10,17-19,23-24H,7-8,11-16,30H2,(H,32,35)(H,31,33,34)/t17?,18?,19?,23-,24?,27?/m1/s1. The molecule has 0 radical (unpaired) electrons. The third-order valence-electron chi connectivity index (χ3n) is 9.34. The van der Waals surface area contributed by atoms with Gasteiger partial charge in [0.05, 0.1) is 10.8 Å². The van der Waals surface area contributed by atoms with Crippen molar-refractivity contribution in [3.8, 4) is 0 Å². The van der Waals surface area contributed by atoms with E-state index in [9.17, 15) is 9.59 Å². The number of nitrogens with zero attached hydrogens (tertiary/aromatic N) is 1. The quantitative estimate of drug-likeness (QED) is 0.537. The number of halogens is 1. The van der Waals surface area contributed by atoms with E-state index >= 15 is 0 Å². The molecule has 1 aromatic heterocycles. The highest BCUT2D eigenvalue weighted by molar-refractivity contribution is 6.30. The number of pyridine rings is 1. The molecule has 1 heterocycles. The smallest absolute Gasteiger partial charge is 0.230 e. The highest BCUT2D eigenvalue weighted by Gasteiger charge is 2.59. The molecule has 2 aromatic rings. The number of hydrogen-bond acceptors (Lipinski definition) is 4. The molecule has 0 saturated heterocycles. The van der Waals surface area contributed by atoms with Gasteiger partial charge in [-0.2, -0.15) is 0 Å². The largest absolute Gasteiger partial charge is 0.354 e. The summed E-state index contributed by atoms with van der Waals surface area (Å²) in [5.74, 6) is 2.09. The molecule has 0 spiro atoms. The number of aromatic nitrogens is 1. The van der Waals surface area contributed by atoms with Crippen LogP contribution in [-0.2, 0) is 15.0 Å². The van der Waals surface area contributed by atoms with Gasteiger partial charge in [0.2, 0.25) is 11.8 Å². The minimum atomic E-state index is -0.427. The number of anilines is 1. The molecule has 184 valence electrons. The van der Waals surface area contributed by atoms with Crippen molar-refractivity contribution < 1.29 is 9.59 Å². The van der Waals surface area contributed by atoms with Crippen LogP contribution in [0.25, 0.3) is 0 Å². The van der Waals surface area contributed by atoms with Crippen LogP contribution in [0, 0.1) is 29.1 Å². The maximum Gasteiger partial charge on any atom is 0.230 e. The number of carbonyl (C=O) groups excluding carboxylic acids is 2. The summed E-state index contributed by atoms with van der Waals surface area (Å²) in [5.41, 5.74) is 7.90. The minimum Gasteiger partial charge on any atom is -0.354 e. The fourth-order valence-electron chi connectivity index (χ4n) is 7.80. The van der Waals surface area contributed by atoms with Crippen LogP contribution >= 0.6 is 11.6 Å². The number of benzene rings is 1. The van der Waals surface area contributed by atoms with Gasteiger partial charge in [0, 0.05) is 35.7 Å². The fourth-order valence-corrected chi connectivity index (χ4v) is 7.92. The van der Waals surface area contributed by atoms with Crippen LogP contribution < -0.4 is 16.4 Å². The molecule has 2 amide bonds. The van der Waals surface area contributed by atoms with Gasteiger partial charge >= 0.3 is 0 Å². The second-order valence-electron chi connectivity index (χ2n) is 11.5. The molecule has 35 heavy (non-hydrogen) atoms. The topological polar surface area (TPSA) is 97.1 Å². The van der Waals surface area contributed by atoms with E-state index in [0.717, 1.165) is 56.2 Å². The predicted molar refractivity (Wildman–Crippen MR) is 136 cm³/mol. The van der Waals surface area contributed by atoms with Crippen molar-refractivity contribution in [3.05, 3.63) is 59.4 Å². The number of hydrogen-bond donors (Lipinski definition) is 3. The zero-order chi connectivity index (χ0) is 24.2. The van der Waals surface area contributed by atoms with Crippen molar-refractivity contribution in [1.82, 2.24) is 10.3 Å². The Bertz CT molecular complexity index is 1100. The van der Waals surface area contributed by atoms with Gasteiger partial charge in [-0.05, 0) is 98.4 Å². The molecular weight excluding hydrogens is 460 g/mol. The Kier molecular flexibility index (Phi) is 5.65. The molecule has 5 aliphatic rings. The first-order chi connectivity index (χ1) is 16.9. The lowest BCUT2D eigenvalue weighted by Crippen LogP contribution is -2.60. The van der Waals surface area contributed by atoms with Crippen LogP contribution in [0.3, 0.4) is 0 Å². The zero-order valence-electron chi connectivity index (χ0n) is 19.9. The molecule has 0 aliphatic heterocycles. The Morgan fingerprint density at radius 1 is 1.00 bits per heavy atom. The summed E-state index contributed by atoms with van der Waals surface area (Å²) in [7, 11) is 0. The molecule has 4 N–H and O–H groups in total. The van der Waals surface area contributed by atoms with Crippen molar-refractivity contribution in [2.24, 2.45) is 34.8 Å². The summed E-state index contributed by atoms with van der Waals surface area (Å²) in [6, 6.07) is 11.2. The Labute approximate surface area is 211 Å². The predicted octanol–water partition coefficient (Wildman–Crippen LogP) is 4.29. The second-order valence-corrected chi connectivity index (χ2v) is 11.9. The summed E-state index contributed by atoms with van der Waals surface area (Å²) in [5, 5.41) is 7.02. The van der Waals surface area contributed by atoms with Crippen LogP contribution in [0.5, 0.6) is 0 Å². The maximum absolute atomic E-state index is 13.4. The SMILES string of the molecule is N[C@H](CNC(=O)C1(c2ccc(Cl)cc2)CC1)C1C2CC3CC1CC(C(=O)Nc1ccncc1)(C3)C2. The molecule has 3 atom stereocenters. The summed E-state index contributed by atoms with van der Waals surface area (Å²) in [4.78, 5) is 30.6. The van der Waals surface area contributed by atoms with Gasteiger partial charge in [0.25, 0.3) is 0 Å². The van der Waals surface area contributed by atoms with E-state index in [1.807, 2.05) is 36.4 Å². The molecule has 4 bridgehead atoms. The molecule has 1 aromatic carbocycles. The lowest BCUT2D eigenvalue weighted by molar-refractivity contribution is -0.149. The molecule has 2 unspecified atom stereocenters. The Morgan fingerprint density at radius 2 is 1.66 bits per heavy atom. The van der Waals surface area contributed by atoms with E-state index in [2.05, 4.69) is 15.6 Å². The number of rotatable bonds is 7. The Hall–Kier alpha value is -2.44. The van der Waals surface area contributed by atoms with Gasteiger partial charge in [0.1, 0.15) is 0 Å². The van der Waals surface area contributed by atoms with Crippen molar-refractivity contribution in [1.29, 1.82) is 0 Å². The maximum atomic E-state index is 13.4. The van der Waals surface area contributed by atoms with Gasteiger partial charge in [-0.3, -0.25) is 14.6 Å². The average Bonchev–Trinajstić information content (AvgIpc) is 3.65. The van der Waals surface area contributed by atoms with Crippen molar-refractivity contribution in [2.75, 3.05) is 11.9 Å². The summed E-state index contributed by atoms with van der Waals surface area (Å²) in [6.45, 7) is 0.493. The fraction of sp³-hybridized carbons (Fsp3) is 0.536. The van der Waals surface area contributed by atoms with Crippen LogP contribution in [0.4, 0.5) is 5.69 Å². The van der Waals surface area contributed by atoms with E-state index in [1.165, 1.54) is 0 Å². The van der Waals surface area contributed by atoms with E-state index in [-0.39, 0.29) is 23.3 Å². The summed E-state index contributed by atoms with van der Waals surface area (Å²) >= 11 is 6.04. The highest BCUT2D eigenvalue weighted by Crippen LogP contribution is 2.63. The first-order valence-electron chi connectivity index (χ1n) is 12.9. The van der Waals surface area contributed by atoms with Crippen molar-refractivity contribution in [3.63, 3.8) is 0 Å². The average molecular weight is 493 g/mol. The van der Waals surface area contributed by atoms with Crippen molar-refractivity contribution in [2.45, 2.75) is 56.4 Å². The molecular formula is C28H33ClN4O2. The zero-order valence-corrected chi connectivity index (χ0v) is 20.6. The van der Waals surface area contributed by atoms with Crippen LogP contribution in [0.1, 0.15) is 50.5 Å². The van der Waals surface area contributed by atoms with Gasteiger partial charge in [-0.1, -0.05) is 23.7 Å². The first kappa shape index (κ1) is 23.0. The van der Waals surface area contributed by atoms with Gasteiger partial charge in [-0.15, -0.1) is 0 Å². The molecule has 7 heteroatoms. The van der Waals surface area contributed by atoms with Gasteiger partial charge in [0.15, 0.2) is 0 Å². The molecule has 7 rings (SSSR count). The normalized spacial score (nSPS) is 32.6.